The van der Waals surface area contributed by atoms with Crippen LogP contribution in [0.3, 0.4) is 0 Å². The summed E-state index contributed by atoms with van der Waals surface area (Å²) in [6.45, 7) is 0. The van der Waals surface area contributed by atoms with E-state index in [1.54, 1.807) is 4.09 Å². The average molecular weight is 314 g/mol. The zero-order chi connectivity index (χ0) is 9.12. The predicted molar refractivity (Wildman–Crippen MR) is 66.8 cm³/mol. The minimum atomic E-state index is -1.33. The maximum atomic E-state index is 2.55. The summed E-state index contributed by atoms with van der Waals surface area (Å²) in [7, 11) is 4.38. The van der Waals surface area contributed by atoms with Gasteiger partial charge in [0, 0.05) is 0 Å². The van der Waals surface area contributed by atoms with Gasteiger partial charge in [0.2, 0.25) is 0 Å². The second-order valence-corrected chi connectivity index (χ2v) is 40.9. The molecule has 0 saturated carbocycles. The Hall–Kier alpha value is 1.79. The third-order valence-electron chi connectivity index (χ3n) is 1.96. The molecule has 0 nitrogen and oxygen atoms in total. The first-order valence-electron chi connectivity index (χ1n) is 3.93. The Balaban J connectivity index is 4.02. The van der Waals surface area contributed by atoms with Crippen LogP contribution in [0, 0.1) is 0 Å². The Kier molecular flexibility index (Phi) is 5.66. The summed E-state index contributed by atoms with van der Waals surface area (Å²) in [6.07, 6.45) is 4.61. The van der Waals surface area contributed by atoms with Crippen LogP contribution in [0.4, 0.5) is 0 Å². The first kappa shape index (κ1) is 12.8. The Morgan fingerprint density at radius 3 is 1.27 bits per heavy atom. The number of hydrogen-bond donors (Lipinski definition) is 0. The summed E-state index contributed by atoms with van der Waals surface area (Å²) in [4.78, 5) is 0. The standard InChI is InChI=1S/C7H20Ge2S2/c1-8(2,10-5)7-9(3,4)11-6/h7H2,1-6H3. The van der Waals surface area contributed by atoms with Crippen molar-refractivity contribution in [3.8, 4) is 0 Å². The molecule has 11 heavy (non-hydrogen) atoms. The van der Waals surface area contributed by atoms with Gasteiger partial charge in [-0.3, -0.25) is 0 Å². The van der Waals surface area contributed by atoms with Gasteiger partial charge in [-0.05, 0) is 0 Å². The Bertz CT molecular complexity index is 110. The molecule has 0 aromatic heterocycles. The van der Waals surface area contributed by atoms with Crippen molar-refractivity contribution in [2.45, 2.75) is 27.1 Å². The van der Waals surface area contributed by atoms with E-state index in [1.807, 2.05) is 0 Å². The molecule has 0 aliphatic carbocycles. The van der Waals surface area contributed by atoms with E-state index < -0.39 is 24.2 Å². The average Bonchev–Trinajstić information content (AvgIpc) is 1.86. The molecule has 0 aliphatic rings. The topological polar surface area (TPSA) is 0 Å². The fourth-order valence-electron chi connectivity index (χ4n) is 1.17. The van der Waals surface area contributed by atoms with Gasteiger partial charge < -0.3 is 0 Å². The molecule has 0 fully saturated rings. The van der Waals surface area contributed by atoms with Crippen LogP contribution < -0.4 is 0 Å². The van der Waals surface area contributed by atoms with E-state index >= 15 is 0 Å². The van der Waals surface area contributed by atoms with Crippen molar-refractivity contribution in [1.29, 1.82) is 0 Å². The minimum absolute atomic E-state index is 1.33. The molecule has 0 saturated heterocycles. The van der Waals surface area contributed by atoms with Crippen molar-refractivity contribution in [3.63, 3.8) is 0 Å². The third-order valence-corrected chi connectivity index (χ3v) is 48.0. The first-order chi connectivity index (χ1) is 4.83. The van der Waals surface area contributed by atoms with Crippen molar-refractivity contribution < 1.29 is 0 Å². The summed E-state index contributed by atoms with van der Waals surface area (Å²) in [5, 5.41) is 0. The molecule has 0 aliphatic heterocycles. The molecule has 0 spiro atoms. The molecule has 0 atom stereocenters. The first-order valence-corrected chi connectivity index (χ1v) is 22.9. The quantitative estimate of drug-likeness (QED) is 0.727. The Labute approximate surface area is 83.4 Å². The van der Waals surface area contributed by atoms with E-state index in [9.17, 15) is 0 Å². The van der Waals surface area contributed by atoms with Crippen LogP contribution in [0.15, 0.2) is 0 Å². The fourth-order valence-corrected chi connectivity index (χ4v) is 61.3. The molecule has 0 bridgehead atoms. The van der Waals surface area contributed by atoms with Gasteiger partial charge in [0.25, 0.3) is 0 Å². The van der Waals surface area contributed by atoms with Gasteiger partial charge in [-0.1, -0.05) is 0 Å². The summed E-state index contributed by atoms with van der Waals surface area (Å²) in [6, 6.07) is 0. The SMILES string of the molecule is C[S][Ge]([CH3])([CH3])[CH2][Ge]([CH3])([CH3])[S]C. The molecule has 0 aromatic rings. The second kappa shape index (κ2) is 4.87. The molecule has 0 amide bonds. The molecule has 0 N–H and O–H groups in total. The van der Waals surface area contributed by atoms with Crippen molar-refractivity contribution in [3.05, 3.63) is 0 Å². The second-order valence-electron chi connectivity index (χ2n) is 4.10. The normalized spacial score (nSPS) is 13.6. The van der Waals surface area contributed by atoms with E-state index in [1.165, 1.54) is 0 Å². The van der Waals surface area contributed by atoms with Crippen molar-refractivity contribution >= 4 is 44.4 Å². The number of rotatable bonds is 4. The van der Waals surface area contributed by atoms with Gasteiger partial charge in [0.15, 0.2) is 0 Å². The van der Waals surface area contributed by atoms with Crippen LogP contribution in [0.2, 0.25) is 27.1 Å². The van der Waals surface area contributed by atoms with Gasteiger partial charge in [0.1, 0.15) is 0 Å². The molecule has 0 radical (unpaired) electrons. The zero-order valence-corrected chi connectivity index (χ0v) is 14.4. The summed E-state index contributed by atoms with van der Waals surface area (Å²) < 4.78 is 1.64. The third kappa shape index (κ3) is 5.94. The van der Waals surface area contributed by atoms with Crippen LogP contribution in [0.25, 0.3) is 0 Å². The van der Waals surface area contributed by atoms with Crippen molar-refractivity contribution in [1.82, 2.24) is 0 Å². The maximum absolute atomic E-state index is 2.55. The molecular formula is C7H20Ge2S2. The Morgan fingerprint density at radius 2 is 1.09 bits per heavy atom. The summed E-state index contributed by atoms with van der Waals surface area (Å²) in [5.41, 5.74) is 0. The Morgan fingerprint density at radius 1 is 0.818 bits per heavy atom. The predicted octanol–water partition coefficient (Wildman–Crippen LogP) is 3.66. The molecule has 0 heterocycles. The van der Waals surface area contributed by atoms with E-state index in [0.717, 1.165) is 0 Å². The van der Waals surface area contributed by atoms with Crippen LogP contribution in [-0.4, -0.2) is 36.8 Å². The molecule has 4 heteroatoms. The molecule has 0 aromatic carbocycles. The van der Waals surface area contributed by atoms with Crippen LogP contribution in [-0.2, 0) is 0 Å². The molecule has 0 rings (SSSR count). The zero-order valence-electron chi connectivity index (χ0n) is 8.52. The summed E-state index contributed by atoms with van der Waals surface area (Å²) in [5.74, 6) is 10.2. The monoisotopic (exact) mass is 316 g/mol. The van der Waals surface area contributed by atoms with E-state index in [2.05, 4.69) is 55.7 Å². The van der Waals surface area contributed by atoms with Crippen molar-refractivity contribution in [2.75, 3.05) is 12.5 Å². The van der Waals surface area contributed by atoms with E-state index in [0.29, 0.717) is 0 Å². The van der Waals surface area contributed by atoms with Crippen molar-refractivity contribution in [2.24, 2.45) is 0 Å². The van der Waals surface area contributed by atoms with E-state index in [-0.39, 0.29) is 0 Å². The van der Waals surface area contributed by atoms with Gasteiger partial charge in [-0.25, -0.2) is 0 Å². The van der Waals surface area contributed by atoms with Gasteiger partial charge in [-0.15, -0.1) is 0 Å². The van der Waals surface area contributed by atoms with Crippen LogP contribution >= 0.6 is 20.2 Å². The van der Waals surface area contributed by atoms with Gasteiger partial charge in [0.05, 0.1) is 0 Å². The molecular weight excluding hydrogens is 293 g/mol. The van der Waals surface area contributed by atoms with Gasteiger partial charge >= 0.3 is 84.0 Å². The van der Waals surface area contributed by atoms with Crippen LogP contribution in [0.1, 0.15) is 0 Å². The number of hydrogen-bond acceptors (Lipinski definition) is 2. The molecule has 68 valence electrons. The molecule has 0 unspecified atom stereocenters. The van der Waals surface area contributed by atoms with Gasteiger partial charge in [-0.2, -0.15) is 0 Å². The fraction of sp³-hybridized carbons (Fsp3) is 1.00. The summed E-state index contributed by atoms with van der Waals surface area (Å²) >= 11 is -2.66. The van der Waals surface area contributed by atoms with E-state index in [4.69, 9.17) is 0 Å². The van der Waals surface area contributed by atoms with Crippen LogP contribution in [0.5, 0.6) is 0 Å².